The molecule has 6 nitrogen and oxygen atoms in total. The van der Waals surface area contributed by atoms with Gasteiger partial charge in [0.05, 0.1) is 12.1 Å². The molecule has 0 aliphatic rings. The first-order chi connectivity index (χ1) is 14.0. The summed E-state index contributed by atoms with van der Waals surface area (Å²) in [5.41, 5.74) is 4.88. The summed E-state index contributed by atoms with van der Waals surface area (Å²) < 4.78 is 16.9. The van der Waals surface area contributed by atoms with Crippen molar-refractivity contribution < 1.29 is 9.18 Å². The molecule has 1 amide bonds. The van der Waals surface area contributed by atoms with Crippen LogP contribution >= 0.6 is 0 Å². The van der Waals surface area contributed by atoms with E-state index in [9.17, 15) is 9.18 Å². The standard InChI is InChI=1S/C22H20FN5O/c1-15-11-21(16(2)28(15)20-9-5-18(23)6-10-20)22(29)26-19-7-3-17(4-8-19)12-27-14-24-13-25-27/h3-11,13-14H,12H2,1-2H3,(H,26,29). The molecule has 0 aliphatic carbocycles. The minimum Gasteiger partial charge on any atom is -0.322 e. The molecule has 146 valence electrons. The zero-order valence-electron chi connectivity index (χ0n) is 16.1. The lowest BCUT2D eigenvalue weighted by Crippen LogP contribution is -2.13. The van der Waals surface area contributed by atoms with Crippen molar-refractivity contribution in [1.29, 1.82) is 0 Å². The Balaban J connectivity index is 1.51. The fraction of sp³-hybridized carbons (Fsp3) is 0.136. The van der Waals surface area contributed by atoms with Crippen molar-refractivity contribution in [2.75, 3.05) is 5.32 Å². The highest BCUT2D eigenvalue weighted by atomic mass is 19.1. The second-order valence-corrected chi connectivity index (χ2v) is 6.84. The maximum absolute atomic E-state index is 13.2. The molecule has 0 saturated heterocycles. The van der Waals surface area contributed by atoms with Crippen LogP contribution in [0.4, 0.5) is 10.1 Å². The maximum atomic E-state index is 13.2. The predicted octanol–water partition coefficient (Wildman–Crippen LogP) is 4.13. The first-order valence-electron chi connectivity index (χ1n) is 9.19. The predicted molar refractivity (Wildman–Crippen MR) is 109 cm³/mol. The molecule has 1 N–H and O–H groups in total. The Labute approximate surface area is 167 Å². The van der Waals surface area contributed by atoms with Crippen molar-refractivity contribution in [2.24, 2.45) is 0 Å². The molecule has 2 aromatic carbocycles. The fourth-order valence-corrected chi connectivity index (χ4v) is 3.37. The number of benzene rings is 2. The van der Waals surface area contributed by atoms with Crippen molar-refractivity contribution in [3.8, 4) is 5.69 Å². The minimum atomic E-state index is -0.290. The average molecular weight is 389 g/mol. The minimum absolute atomic E-state index is 0.185. The molecule has 0 aliphatic heterocycles. The molecule has 4 aromatic rings. The van der Waals surface area contributed by atoms with Crippen LogP contribution in [0.1, 0.15) is 27.3 Å². The van der Waals surface area contributed by atoms with Crippen molar-refractivity contribution in [3.63, 3.8) is 0 Å². The highest BCUT2D eigenvalue weighted by Gasteiger charge is 2.17. The third kappa shape index (κ3) is 3.94. The number of nitrogens with one attached hydrogen (secondary N) is 1. The van der Waals surface area contributed by atoms with Crippen LogP contribution in [0, 0.1) is 19.7 Å². The van der Waals surface area contributed by atoms with Gasteiger partial charge in [0.1, 0.15) is 18.5 Å². The smallest absolute Gasteiger partial charge is 0.257 e. The molecule has 0 radical (unpaired) electrons. The van der Waals surface area contributed by atoms with Gasteiger partial charge in [-0.1, -0.05) is 12.1 Å². The Bertz CT molecular complexity index is 1130. The van der Waals surface area contributed by atoms with E-state index in [1.165, 1.54) is 18.5 Å². The van der Waals surface area contributed by atoms with Gasteiger partial charge in [0, 0.05) is 22.8 Å². The van der Waals surface area contributed by atoms with Crippen molar-refractivity contribution in [1.82, 2.24) is 19.3 Å². The number of hydrogen-bond acceptors (Lipinski definition) is 3. The molecule has 0 fully saturated rings. The molecule has 0 bridgehead atoms. The van der Waals surface area contributed by atoms with Gasteiger partial charge in [0.2, 0.25) is 0 Å². The molecule has 0 unspecified atom stereocenters. The number of rotatable bonds is 5. The van der Waals surface area contributed by atoms with Crippen LogP contribution in [0.25, 0.3) is 5.69 Å². The monoisotopic (exact) mass is 389 g/mol. The Morgan fingerprint density at radius 2 is 1.79 bits per heavy atom. The second-order valence-electron chi connectivity index (χ2n) is 6.84. The first kappa shape index (κ1) is 18.6. The molecule has 0 atom stereocenters. The normalized spacial score (nSPS) is 10.9. The number of nitrogens with zero attached hydrogens (tertiary/aromatic N) is 4. The molecule has 0 saturated carbocycles. The summed E-state index contributed by atoms with van der Waals surface area (Å²) in [6.45, 7) is 4.42. The van der Waals surface area contributed by atoms with E-state index in [0.717, 1.165) is 22.6 Å². The molecule has 0 spiro atoms. The molecule has 7 heteroatoms. The van der Waals surface area contributed by atoms with E-state index in [1.807, 2.05) is 48.7 Å². The lowest BCUT2D eigenvalue weighted by atomic mass is 10.2. The van der Waals surface area contributed by atoms with Crippen LogP contribution in [0.15, 0.2) is 67.3 Å². The van der Waals surface area contributed by atoms with Crippen LogP contribution < -0.4 is 5.32 Å². The largest absolute Gasteiger partial charge is 0.322 e. The van der Waals surface area contributed by atoms with Gasteiger partial charge < -0.3 is 9.88 Å². The summed E-state index contributed by atoms with van der Waals surface area (Å²) in [4.78, 5) is 16.7. The number of carbonyl (C=O) groups is 1. The molecular formula is C22H20FN5O. The van der Waals surface area contributed by atoms with E-state index in [2.05, 4.69) is 15.4 Å². The maximum Gasteiger partial charge on any atom is 0.257 e. The van der Waals surface area contributed by atoms with Crippen LogP contribution in [0.5, 0.6) is 0 Å². The highest BCUT2D eigenvalue weighted by molar-refractivity contribution is 6.05. The first-order valence-corrected chi connectivity index (χ1v) is 9.19. The van der Waals surface area contributed by atoms with Crippen LogP contribution in [0.2, 0.25) is 0 Å². The Morgan fingerprint density at radius 1 is 1.07 bits per heavy atom. The molecule has 4 rings (SSSR count). The lowest BCUT2D eigenvalue weighted by molar-refractivity contribution is 0.102. The topological polar surface area (TPSA) is 64.7 Å². The number of halogens is 1. The molecular weight excluding hydrogens is 369 g/mol. The van der Waals surface area contributed by atoms with Crippen molar-refractivity contribution in [3.05, 3.63) is 95.6 Å². The summed E-state index contributed by atoms with van der Waals surface area (Å²) in [5.74, 6) is -0.475. The third-order valence-corrected chi connectivity index (χ3v) is 4.78. The van der Waals surface area contributed by atoms with Gasteiger partial charge in [-0.05, 0) is 61.9 Å². The number of aromatic nitrogens is 4. The van der Waals surface area contributed by atoms with Gasteiger partial charge in [-0.25, -0.2) is 14.1 Å². The van der Waals surface area contributed by atoms with Gasteiger partial charge in [-0.2, -0.15) is 5.10 Å². The van der Waals surface area contributed by atoms with Gasteiger partial charge in [-0.3, -0.25) is 4.79 Å². The third-order valence-electron chi connectivity index (χ3n) is 4.78. The van der Waals surface area contributed by atoms with Crippen molar-refractivity contribution in [2.45, 2.75) is 20.4 Å². The number of carbonyl (C=O) groups excluding carboxylic acids is 1. The highest BCUT2D eigenvalue weighted by Crippen LogP contribution is 2.22. The van der Waals surface area contributed by atoms with Gasteiger partial charge in [-0.15, -0.1) is 0 Å². The van der Waals surface area contributed by atoms with E-state index in [0.29, 0.717) is 17.8 Å². The van der Waals surface area contributed by atoms with E-state index in [1.54, 1.807) is 23.1 Å². The summed E-state index contributed by atoms with van der Waals surface area (Å²) >= 11 is 0. The van der Waals surface area contributed by atoms with Crippen LogP contribution in [-0.2, 0) is 6.54 Å². The SMILES string of the molecule is Cc1cc(C(=O)Nc2ccc(Cn3cncn3)cc2)c(C)n1-c1ccc(F)cc1. The molecule has 2 heterocycles. The molecule has 29 heavy (non-hydrogen) atoms. The van der Waals surface area contributed by atoms with Crippen LogP contribution in [0.3, 0.4) is 0 Å². The number of anilines is 1. The fourth-order valence-electron chi connectivity index (χ4n) is 3.37. The zero-order valence-corrected chi connectivity index (χ0v) is 16.1. The number of aryl methyl sites for hydroxylation is 1. The number of hydrogen-bond donors (Lipinski definition) is 1. The quantitative estimate of drug-likeness (QED) is 0.558. The number of amides is 1. The summed E-state index contributed by atoms with van der Waals surface area (Å²) in [6, 6.07) is 15.7. The van der Waals surface area contributed by atoms with Crippen molar-refractivity contribution >= 4 is 11.6 Å². The van der Waals surface area contributed by atoms with E-state index < -0.39 is 0 Å². The Kier molecular flexibility index (Phi) is 4.95. The Hall–Kier alpha value is -3.74. The van der Waals surface area contributed by atoms with E-state index in [-0.39, 0.29) is 11.7 Å². The van der Waals surface area contributed by atoms with Crippen LogP contribution in [-0.4, -0.2) is 25.2 Å². The summed E-state index contributed by atoms with van der Waals surface area (Å²) in [6.07, 6.45) is 3.16. The Morgan fingerprint density at radius 3 is 2.45 bits per heavy atom. The lowest BCUT2D eigenvalue weighted by Gasteiger charge is -2.10. The van der Waals surface area contributed by atoms with E-state index in [4.69, 9.17) is 0 Å². The average Bonchev–Trinajstić information content (AvgIpc) is 3.32. The molecule has 2 aromatic heterocycles. The second kappa shape index (κ2) is 7.71. The zero-order chi connectivity index (χ0) is 20.4. The summed E-state index contributed by atoms with van der Waals surface area (Å²) in [5, 5.41) is 7.02. The summed E-state index contributed by atoms with van der Waals surface area (Å²) in [7, 11) is 0. The van der Waals surface area contributed by atoms with Gasteiger partial charge >= 0.3 is 0 Å². The van der Waals surface area contributed by atoms with Gasteiger partial charge in [0.15, 0.2) is 0 Å². The van der Waals surface area contributed by atoms with Gasteiger partial charge in [0.25, 0.3) is 5.91 Å². The van der Waals surface area contributed by atoms with E-state index >= 15 is 0 Å².